The van der Waals surface area contributed by atoms with E-state index in [1.165, 1.54) is 0 Å². The lowest BCUT2D eigenvalue weighted by atomic mass is 9.96. The van der Waals surface area contributed by atoms with Crippen LogP contribution in [0.15, 0.2) is 24.3 Å². The zero-order chi connectivity index (χ0) is 9.97. The van der Waals surface area contributed by atoms with Crippen molar-refractivity contribution in [1.29, 1.82) is 0 Å². The summed E-state index contributed by atoms with van der Waals surface area (Å²) in [6.45, 7) is 0. The van der Waals surface area contributed by atoms with Crippen LogP contribution in [0, 0.1) is 11.8 Å². The number of rotatable bonds is 4. The van der Waals surface area contributed by atoms with Crippen LogP contribution in [0.4, 0.5) is 0 Å². The fraction of sp³-hybridized carbons (Fsp3) is 0.417. The summed E-state index contributed by atoms with van der Waals surface area (Å²) in [5, 5.41) is 9.54. The third-order valence-electron chi connectivity index (χ3n) is 2.85. The van der Waals surface area contributed by atoms with Crippen molar-refractivity contribution in [1.82, 2.24) is 0 Å². The second-order valence-corrected chi connectivity index (χ2v) is 3.97. The molecule has 74 valence electrons. The Morgan fingerprint density at radius 1 is 1.43 bits per heavy atom. The molecule has 1 aliphatic carbocycles. The van der Waals surface area contributed by atoms with Crippen LogP contribution in [-0.4, -0.2) is 11.4 Å². The number of aldehydes is 1. The van der Waals surface area contributed by atoms with Crippen molar-refractivity contribution < 1.29 is 9.90 Å². The number of carbonyl (C=O) groups excluding carboxylic acids is 1. The van der Waals surface area contributed by atoms with Crippen molar-refractivity contribution in [2.45, 2.75) is 19.3 Å². The van der Waals surface area contributed by atoms with Gasteiger partial charge in [0.2, 0.25) is 0 Å². The van der Waals surface area contributed by atoms with Crippen molar-refractivity contribution >= 4 is 6.29 Å². The minimum Gasteiger partial charge on any atom is -0.508 e. The molecule has 0 bridgehead atoms. The third-order valence-corrected chi connectivity index (χ3v) is 2.85. The minimum absolute atomic E-state index is 0.100. The van der Waals surface area contributed by atoms with Crippen LogP contribution in [0.2, 0.25) is 0 Å². The molecule has 2 heteroatoms. The lowest BCUT2D eigenvalue weighted by molar-refractivity contribution is -0.111. The quantitative estimate of drug-likeness (QED) is 0.739. The maximum absolute atomic E-state index is 10.8. The molecule has 0 radical (unpaired) electrons. The van der Waals surface area contributed by atoms with E-state index < -0.39 is 0 Å². The van der Waals surface area contributed by atoms with E-state index in [0.29, 0.717) is 18.1 Å². The average molecular weight is 190 g/mol. The van der Waals surface area contributed by atoms with Crippen molar-refractivity contribution in [2.75, 3.05) is 0 Å². The molecule has 1 fully saturated rings. The van der Waals surface area contributed by atoms with Crippen molar-refractivity contribution in [3.63, 3.8) is 0 Å². The van der Waals surface area contributed by atoms with Gasteiger partial charge in [-0.1, -0.05) is 18.2 Å². The lowest BCUT2D eigenvalue weighted by Crippen LogP contribution is -2.08. The molecule has 0 aromatic heterocycles. The fourth-order valence-corrected chi connectivity index (χ4v) is 1.79. The third kappa shape index (κ3) is 1.95. The average Bonchev–Trinajstić information content (AvgIpc) is 3.00. The van der Waals surface area contributed by atoms with E-state index in [1.807, 2.05) is 12.1 Å². The van der Waals surface area contributed by atoms with Gasteiger partial charge in [0.05, 0.1) is 0 Å². The first-order valence-corrected chi connectivity index (χ1v) is 5.03. The van der Waals surface area contributed by atoms with Gasteiger partial charge in [0.25, 0.3) is 0 Å². The second-order valence-electron chi connectivity index (χ2n) is 3.97. The number of phenolic OH excluding ortho intramolecular Hbond substituents is 1. The van der Waals surface area contributed by atoms with E-state index in [4.69, 9.17) is 0 Å². The number of hydrogen-bond donors (Lipinski definition) is 1. The van der Waals surface area contributed by atoms with Crippen LogP contribution in [0.25, 0.3) is 0 Å². The molecule has 0 saturated heterocycles. The molecule has 1 aromatic rings. The summed E-state index contributed by atoms with van der Waals surface area (Å²) < 4.78 is 0. The van der Waals surface area contributed by atoms with Crippen molar-refractivity contribution in [3.05, 3.63) is 29.8 Å². The fourth-order valence-electron chi connectivity index (χ4n) is 1.79. The minimum atomic E-state index is 0.100. The maximum atomic E-state index is 10.8. The van der Waals surface area contributed by atoms with Gasteiger partial charge in [-0.2, -0.15) is 0 Å². The normalized spacial score (nSPS) is 17.7. The van der Waals surface area contributed by atoms with E-state index in [9.17, 15) is 9.90 Å². The Labute approximate surface area is 83.6 Å². The smallest absolute Gasteiger partial charge is 0.123 e. The Balaban J connectivity index is 2.08. The van der Waals surface area contributed by atoms with Crippen molar-refractivity contribution in [3.8, 4) is 5.75 Å². The molecular weight excluding hydrogens is 176 g/mol. The van der Waals surface area contributed by atoms with Gasteiger partial charge in [-0.05, 0) is 36.8 Å². The lowest BCUT2D eigenvalue weighted by Gasteiger charge is -2.09. The highest BCUT2D eigenvalue weighted by molar-refractivity contribution is 5.56. The number of hydrogen-bond acceptors (Lipinski definition) is 2. The molecule has 1 N–H and O–H groups in total. The molecule has 0 aliphatic heterocycles. The molecule has 1 aromatic carbocycles. The van der Waals surface area contributed by atoms with Gasteiger partial charge in [0, 0.05) is 5.92 Å². The first-order valence-electron chi connectivity index (χ1n) is 5.03. The molecule has 1 saturated carbocycles. The van der Waals surface area contributed by atoms with Crippen LogP contribution in [-0.2, 0) is 11.2 Å². The van der Waals surface area contributed by atoms with Gasteiger partial charge < -0.3 is 9.90 Å². The zero-order valence-electron chi connectivity index (χ0n) is 8.02. The Morgan fingerprint density at radius 2 is 2.14 bits per heavy atom. The Morgan fingerprint density at radius 3 is 2.71 bits per heavy atom. The Hall–Kier alpha value is -1.31. The summed E-state index contributed by atoms with van der Waals surface area (Å²) in [5.41, 5.74) is 0.886. The molecule has 14 heavy (non-hydrogen) atoms. The van der Waals surface area contributed by atoms with E-state index in [1.54, 1.807) is 12.1 Å². The highest BCUT2D eigenvalue weighted by Crippen LogP contribution is 2.38. The number of phenols is 1. The Kier molecular flexibility index (Phi) is 2.53. The summed E-state index contributed by atoms with van der Waals surface area (Å²) in [7, 11) is 0. The molecule has 2 rings (SSSR count). The van der Waals surface area contributed by atoms with Gasteiger partial charge >= 0.3 is 0 Å². The maximum Gasteiger partial charge on any atom is 0.123 e. The number of aromatic hydroxyl groups is 1. The highest BCUT2D eigenvalue weighted by atomic mass is 16.3. The van der Waals surface area contributed by atoms with Crippen LogP contribution in [0.1, 0.15) is 18.4 Å². The molecular formula is C12H14O2. The standard InChI is InChI=1S/C12H14O2/c13-8-11(9-5-6-9)7-10-3-1-2-4-12(10)14/h1-4,8-9,11,14H,5-7H2. The van der Waals surface area contributed by atoms with E-state index >= 15 is 0 Å². The molecule has 1 unspecified atom stereocenters. The molecule has 0 heterocycles. The summed E-state index contributed by atoms with van der Waals surface area (Å²) in [5.74, 6) is 0.968. The summed E-state index contributed by atoms with van der Waals surface area (Å²) in [6.07, 6.45) is 4.04. The first-order chi connectivity index (χ1) is 6.81. The van der Waals surface area contributed by atoms with Crippen LogP contribution in [0.3, 0.4) is 0 Å². The molecule has 1 aliphatic rings. The Bertz CT molecular complexity index is 329. The molecule has 1 atom stereocenters. The SMILES string of the molecule is O=CC(Cc1ccccc1O)C1CC1. The monoisotopic (exact) mass is 190 g/mol. The van der Waals surface area contributed by atoms with Crippen molar-refractivity contribution in [2.24, 2.45) is 11.8 Å². The number of benzene rings is 1. The largest absolute Gasteiger partial charge is 0.508 e. The van der Waals surface area contributed by atoms with Crippen LogP contribution < -0.4 is 0 Å². The second kappa shape index (κ2) is 3.82. The molecule has 0 amide bonds. The summed E-state index contributed by atoms with van der Waals surface area (Å²) in [4.78, 5) is 10.8. The molecule has 2 nitrogen and oxygen atoms in total. The summed E-state index contributed by atoms with van der Waals surface area (Å²) >= 11 is 0. The van der Waals surface area contributed by atoms with Gasteiger partial charge in [0.15, 0.2) is 0 Å². The van der Waals surface area contributed by atoms with Crippen LogP contribution >= 0.6 is 0 Å². The topological polar surface area (TPSA) is 37.3 Å². The van der Waals surface area contributed by atoms with Gasteiger partial charge in [0.1, 0.15) is 12.0 Å². The predicted octanol–water partition coefficient (Wildman–Crippen LogP) is 2.16. The summed E-state index contributed by atoms with van der Waals surface area (Å²) in [6, 6.07) is 7.24. The number of carbonyl (C=O) groups is 1. The first kappa shape index (κ1) is 9.25. The number of para-hydroxylation sites is 1. The molecule has 0 spiro atoms. The van der Waals surface area contributed by atoms with Crippen LogP contribution in [0.5, 0.6) is 5.75 Å². The zero-order valence-corrected chi connectivity index (χ0v) is 8.02. The van der Waals surface area contributed by atoms with E-state index in [-0.39, 0.29) is 5.92 Å². The van der Waals surface area contributed by atoms with Gasteiger partial charge in [-0.15, -0.1) is 0 Å². The highest BCUT2D eigenvalue weighted by Gasteiger charge is 2.31. The van der Waals surface area contributed by atoms with E-state index in [2.05, 4.69) is 0 Å². The van der Waals surface area contributed by atoms with E-state index in [0.717, 1.165) is 24.7 Å². The van der Waals surface area contributed by atoms with Gasteiger partial charge in [-0.25, -0.2) is 0 Å². The predicted molar refractivity (Wildman–Crippen MR) is 54.1 cm³/mol. The van der Waals surface area contributed by atoms with Gasteiger partial charge in [-0.3, -0.25) is 0 Å².